The van der Waals surface area contributed by atoms with Gasteiger partial charge in [0.05, 0.1) is 0 Å². The maximum absolute atomic E-state index is 12.5. The first-order valence-electron chi connectivity index (χ1n) is 7.45. The molecule has 0 aromatic heterocycles. The first-order valence-corrected chi connectivity index (χ1v) is 7.45. The lowest BCUT2D eigenvalue weighted by Crippen LogP contribution is -2.38. The Morgan fingerprint density at radius 3 is 2.52 bits per heavy atom. The number of nitrogens with one attached hydrogen (secondary N) is 1. The highest BCUT2D eigenvalue weighted by molar-refractivity contribution is 5.35. The molecule has 1 aromatic rings. The summed E-state index contributed by atoms with van der Waals surface area (Å²) in [6.45, 7) is 2.92. The molecular weight excluding hydrogens is 276 g/mol. The second-order valence-electron chi connectivity index (χ2n) is 5.54. The molecule has 1 aliphatic rings. The lowest BCUT2D eigenvalue weighted by molar-refractivity contribution is -0.0507. The smallest absolute Gasteiger partial charge is 0.387 e. The number of rotatable bonds is 6. The Morgan fingerprint density at radius 1 is 1.19 bits per heavy atom. The largest absolute Gasteiger partial charge is 0.434 e. The zero-order valence-electron chi connectivity index (χ0n) is 12.5. The van der Waals surface area contributed by atoms with Gasteiger partial charge in [0.2, 0.25) is 0 Å². The molecular formula is C16H23F2NO2. The van der Waals surface area contributed by atoms with Crippen LogP contribution in [-0.2, 0) is 4.74 Å². The van der Waals surface area contributed by atoms with Crippen molar-refractivity contribution < 1.29 is 18.3 Å². The number of hydrogen-bond donors (Lipinski definition) is 1. The summed E-state index contributed by atoms with van der Waals surface area (Å²) in [5.74, 6) is 0.802. The molecule has 1 N–H and O–H groups in total. The van der Waals surface area contributed by atoms with Crippen LogP contribution in [0.4, 0.5) is 8.78 Å². The minimum absolute atomic E-state index is 0.0437. The van der Waals surface area contributed by atoms with Gasteiger partial charge in [0, 0.05) is 30.9 Å². The zero-order chi connectivity index (χ0) is 15.2. The molecule has 0 bridgehead atoms. The van der Waals surface area contributed by atoms with Gasteiger partial charge in [0.1, 0.15) is 5.75 Å². The molecule has 0 aliphatic carbocycles. The van der Waals surface area contributed by atoms with Gasteiger partial charge in [-0.2, -0.15) is 8.78 Å². The van der Waals surface area contributed by atoms with Crippen LogP contribution in [0.2, 0.25) is 0 Å². The average molecular weight is 299 g/mol. The fourth-order valence-corrected chi connectivity index (χ4v) is 2.88. The van der Waals surface area contributed by atoms with Crippen molar-refractivity contribution in [2.24, 2.45) is 5.92 Å². The number of benzene rings is 1. The van der Waals surface area contributed by atoms with Crippen LogP contribution in [0.5, 0.6) is 5.75 Å². The highest BCUT2D eigenvalue weighted by Gasteiger charge is 2.23. The van der Waals surface area contributed by atoms with E-state index >= 15 is 0 Å². The van der Waals surface area contributed by atoms with Gasteiger partial charge in [-0.05, 0) is 38.7 Å². The van der Waals surface area contributed by atoms with Crippen molar-refractivity contribution >= 4 is 0 Å². The number of para-hydroxylation sites is 1. The molecule has 1 heterocycles. The minimum atomic E-state index is -2.80. The summed E-state index contributed by atoms with van der Waals surface area (Å²) >= 11 is 0. The molecule has 1 fully saturated rings. The maximum atomic E-state index is 12.5. The molecule has 0 spiro atoms. The highest BCUT2D eigenvalue weighted by Crippen LogP contribution is 2.28. The third-order valence-corrected chi connectivity index (χ3v) is 4.09. The Hall–Kier alpha value is -1.20. The second-order valence-corrected chi connectivity index (χ2v) is 5.54. The summed E-state index contributed by atoms with van der Waals surface area (Å²) in [6.07, 6.45) is 2.08. The SMILES string of the molecule is CC(NC(C)C1CCOCC1)c1ccccc1OC(F)F. The Balaban J connectivity index is 2.00. The van der Waals surface area contributed by atoms with Crippen LogP contribution >= 0.6 is 0 Å². The molecule has 1 saturated heterocycles. The van der Waals surface area contributed by atoms with Crippen LogP contribution in [0.15, 0.2) is 24.3 Å². The van der Waals surface area contributed by atoms with Gasteiger partial charge in [0.15, 0.2) is 0 Å². The molecule has 1 aromatic carbocycles. The predicted molar refractivity (Wildman–Crippen MR) is 77.6 cm³/mol. The zero-order valence-corrected chi connectivity index (χ0v) is 12.5. The minimum Gasteiger partial charge on any atom is -0.434 e. The molecule has 21 heavy (non-hydrogen) atoms. The van der Waals surface area contributed by atoms with Gasteiger partial charge in [-0.25, -0.2) is 0 Å². The monoisotopic (exact) mass is 299 g/mol. The fraction of sp³-hybridized carbons (Fsp3) is 0.625. The Morgan fingerprint density at radius 2 is 1.86 bits per heavy atom. The molecule has 0 radical (unpaired) electrons. The molecule has 0 amide bonds. The van der Waals surface area contributed by atoms with Crippen molar-refractivity contribution in [3.05, 3.63) is 29.8 Å². The molecule has 3 nitrogen and oxygen atoms in total. The van der Waals surface area contributed by atoms with Gasteiger partial charge in [-0.3, -0.25) is 0 Å². The summed E-state index contributed by atoms with van der Waals surface area (Å²) in [6, 6.07) is 7.22. The van der Waals surface area contributed by atoms with Gasteiger partial charge in [-0.15, -0.1) is 0 Å². The topological polar surface area (TPSA) is 30.5 Å². The first kappa shape index (κ1) is 16.2. The third-order valence-electron chi connectivity index (χ3n) is 4.09. The van der Waals surface area contributed by atoms with Crippen LogP contribution in [0.3, 0.4) is 0 Å². The molecule has 2 rings (SSSR count). The Bertz CT molecular complexity index is 436. The van der Waals surface area contributed by atoms with Crippen molar-refractivity contribution in [1.82, 2.24) is 5.32 Å². The molecule has 118 valence electrons. The molecule has 1 aliphatic heterocycles. The number of alkyl halides is 2. The van der Waals surface area contributed by atoms with E-state index in [4.69, 9.17) is 4.74 Å². The van der Waals surface area contributed by atoms with Gasteiger partial charge < -0.3 is 14.8 Å². The van der Waals surface area contributed by atoms with Crippen LogP contribution < -0.4 is 10.1 Å². The summed E-state index contributed by atoms with van der Waals surface area (Å²) in [4.78, 5) is 0. The quantitative estimate of drug-likeness (QED) is 0.867. The van der Waals surface area contributed by atoms with E-state index in [2.05, 4.69) is 17.0 Å². The van der Waals surface area contributed by atoms with Gasteiger partial charge in [0.25, 0.3) is 0 Å². The van der Waals surface area contributed by atoms with E-state index < -0.39 is 6.61 Å². The van der Waals surface area contributed by atoms with Crippen molar-refractivity contribution in [2.75, 3.05) is 13.2 Å². The Kier molecular flexibility index (Phi) is 5.94. The summed E-state index contributed by atoms with van der Waals surface area (Å²) in [5.41, 5.74) is 0.761. The van der Waals surface area contributed by atoms with Crippen molar-refractivity contribution in [3.8, 4) is 5.75 Å². The van der Waals surface area contributed by atoms with E-state index in [9.17, 15) is 8.78 Å². The molecule has 5 heteroatoms. The Labute approximate surface area is 124 Å². The van der Waals surface area contributed by atoms with Gasteiger partial charge >= 0.3 is 6.61 Å². The van der Waals surface area contributed by atoms with E-state index in [1.807, 2.05) is 19.1 Å². The fourth-order valence-electron chi connectivity index (χ4n) is 2.88. The lowest BCUT2D eigenvalue weighted by atomic mass is 9.92. The van der Waals surface area contributed by atoms with E-state index in [-0.39, 0.29) is 11.8 Å². The molecule has 2 unspecified atom stereocenters. The standard InChI is InChI=1S/C16H23F2NO2/c1-11(13-7-9-20-10-8-13)19-12(2)14-5-3-4-6-15(14)21-16(17)18/h3-6,11-13,16,19H,7-10H2,1-2H3. The lowest BCUT2D eigenvalue weighted by Gasteiger charge is -2.31. The third kappa shape index (κ3) is 4.64. The number of halogens is 2. The van der Waals surface area contributed by atoms with Crippen molar-refractivity contribution in [2.45, 2.75) is 45.4 Å². The maximum Gasteiger partial charge on any atom is 0.387 e. The predicted octanol–water partition coefficient (Wildman–Crippen LogP) is 3.75. The van der Waals surface area contributed by atoms with Crippen LogP contribution in [-0.4, -0.2) is 25.9 Å². The highest BCUT2D eigenvalue weighted by atomic mass is 19.3. The van der Waals surface area contributed by atoms with E-state index in [1.54, 1.807) is 12.1 Å². The summed E-state index contributed by atoms with van der Waals surface area (Å²) < 4.78 is 34.9. The van der Waals surface area contributed by atoms with E-state index in [0.29, 0.717) is 12.0 Å². The van der Waals surface area contributed by atoms with E-state index in [0.717, 1.165) is 31.6 Å². The second kappa shape index (κ2) is 7.71. The summed E-state index contributed by atoms with van der Waals surface area (Å²) in [7, 11) is 0. The average Bonchev–Trinajstić information content (AvgIpc) is 2.48. The number of ether oxygens (including phenoxy) is 2. The van der Waals surface area contributed by atoms with Crippen molar-refractivity contribution in [1.29, 1.82) is 0 Å². The van der Waals surface area contributed by atoms with E-state index in [1.165, 1.54) is 0 Å². The van der Waals surface area contributed by atoms with Crippen LogP contribution in [0.1, 0.15) is 38.3 Å². The first-order chi connectivity index (χ1) is 10.1. The van der Waals surface area contributed by atoms with Gasteiger partial charge in [-0.1, -0.05) is 18.2 Å². The van der Waals surface area contributed by atoms with Crippen LogP contribution in [0.25, 0.3) is 0 Å². The van der Waals surface area contributed by atoms with Crippen LogP contribution in [0, 0.1) is 5.92 Å². The number of hydrogen-bond acceptors (Lipinski definition) is 3. The van der Waals surface area contributed by atoms with Crippen molar-refractivity contribution in [3.63, 3.8) is 0 Å². The summed E-state index contributed by atoms with van der Waals surface area (Å²) in [5, 5.41) is 3.50. The molecule has 2 atom stereocenters. The normalized spacial score (nSPS) is 19.5. The molecule has 0 saturated carbocycles.